The molecule has 3 saturated carbocycles. The van der Waals surface area contributed by atoms with Gasteiger partial charge in [0.2, 0.25) is 0 Å². The van der Waals surface area contributed by atoms with Gasteiger partial charge in [-0.25, -0.2) is 0 Å². The van der Waals surface area contributed by atoms with Gasteiger partial charge >= 0.3 is 0 Å². The molecule has 3 aliphatic rings. The van der Waals surface area contributed by atoms with Gasteiger partial charge < -0.3 is 14.9 Å². The molecule has 1 aromatic rings. The third kappa shape index (κ3) is 3.97. The maximum absolute atomic E-state index is 9.73. The van der Waals surface area contributed by atoms with Gasteiger partial charge in [-0.3, -0.25) is 0 Å². The molecule has 3 unspecified atom stereocenters. The first kappa shape index (κ1) is 20.5. The molecule has 2 bridgehead atoms. The van der Waals surface area contributed by atoms with Crippen molar-refractivity contribution in [1.82, 2.24) is 0 Å². The summed E-state index contributed by atoms with van der Waals surface area (Å²) in [5.74, 6) is 5.84. The zero-order valence-corrected chi connectivity index (χ0v) is 18.2. The fraction of sp³-hybridized carbons (Fsp3) is 0.652. The summed E-state index contributed by atoms with van der Waals surface area (Å²) in [7, 11) is -1.57. The largest absolute Gasteiger partial charge is 0.496 e. The molecule has 4 heteroatoms. The van der Waals surface area contributed by atoms with E-state index in [1.807, 2.05) is 0 Å². The Kier molecular flexibility index (Phi) is 5.77. The molecule has 0 aliphatic heterocycles. The van der Waals surface area contributed by atoms with Crippen LogP contribution in [0.3, 0.4) is 0 Å². The summed E-state index contributed by atoms with van der Waals surface area (Å²) in [5.41, 5.74) is 2.52. The van der Waals surface area contributed by atoms with E-state index in [1.54, 1.807) is 12.1 Å². The molecule has 148 valence electrons. The van der Waals surface area contributed by atoms with Crippen molar-refractivity contribution < 1.29 is 14.9 Å². The number of aliphatic hydroxyl groups is 2. The summed E-state index contributed by atoms with van der Waals surface area (Å²) in [6.45, 7) is 9.43. The second kappa shape index (κ2) is 7.62. The number of fused-ring (bicyclic) bond motifs is 2. The first-order chi connectivity index (χ1) is 12.7. The van der Waals surface area contributed by atoms with Crippen LogP contribution >= 0.6 is 0 Å². The molecule has 0 heterocycles. The van der Waals surface area contributed by atoms with Crippen molar-refractivity contribution in [2.45, 2.75) is 65.5 Å². The lowest BCUT2D eigenvalue weighted by atomic mass is 9.46. The van der Waals surface area contributed by atoms with Gasteiger partial charge in [0.05, 0.1) is 27.5 Å². The summed E-state index contributed by atoms with van der Waals surface area (Å²) in [5, 5.41) is 19.5. The Morgan fingerprint density at radius 2 is 1.81 bits per heavy atom. The molecule has 4 rings (SSSR count). The highest BCUT2D eigenvalue weighted by Gasteiger charge is 2.54. The molecule has 0 radical (unpaired) electrons. The minimum absolute atomic E-state index is 0.139. The summed E-state index contributed by atoms with van der Waals surface area (Å²) in [6.07, 6.45) is 10.4. The minimum Gasteiger partial charge on any atom is -0.496 e. The first-order valence-electron chi connectivity index (χ1n) is 10.2. The highest BCUT2D eigenvalue weighted by atomic mass is 28.3. The Balaban J connectivity index is 1.69. The Hall–Kier alpha value is -1.28. The second-order valence-electron chi connectivity index (χ2n) is 9.94. The van der Waals surface area contributed by atoms with Crippen molar-refractivity contribution in [3.63, 3.8) is 0 Å². The first-order valence-corrected chi connectivity index (χ1v) is 13.6. The van der Waals surface area contributed by atoms with Crippen molar-refractivity contribution in [3.8, 4) is 18.1 Å². The van der Waals surface area contributed by atoms with Gasteiger partial charge in [-0.1, -0.05) is 45.3 Å². The fourth-order valence-corrected chi connectivity index (χ4v) is 8.06. The van der Waals surface area contributed by atoms with Crippen molar-refractivity contribution in [3.05, 3.63) is 28.8 Å². The SMILES string of the molecule is C#Cc1cc(CO)c(OC[Si](C)(C)CC2CCC3CC2C3(C)C)c(CO)c1. The molecule has 1 aromatic carbocycles. The van der Waals surface area contributed by atoms with Gasteiger partial charge in [0.1, 0.15) is 5.75 Å². The van der Waals surface area contributed by atoms with Crippen LogP contribution < -0.4 is 4.74 Å². The van der Waals surface area contributed by atoms with Gasteiger partial charge in [0.25, 0.3) is 0 Å². The molecule has 0 saturated heterocycles. The number of terminal acetylenes is 1. The topological polar surface area (TPSA) is 49.7 Å². The normalized spacial score (nSPS) is 26.2. The maximum atomic E-state index is 9.73. The molecule has 0 spiro atoms. The standard InChI is InChI=1S/C23H34O3Si/c1-6-16-9-18(12-24)22(19(10-16)13-25)26-15-27(4,5)14-17-7-8-20-11-21(17)23(20,2)3/h1,9-10,17,20-21,24-25H,7-8,11-15H2,2-5H3. The smallest absolute Gasteiger partial charge is 0.129 e. The van der Waals surface area contributed by atoms with E-state index in [-0.39, 0.29) is 13.2 Å². The van der Waals surface area contributed by atoms with Crippen LogP contribution in [0.1, 0.15) is 49.8 Å². The number of ether oxygens (including phenoxy) is 1. The molecule has 3 aliphatic carbocycles. The molecule has 27 heavy (non-hydrogen) atoms. The lowest BCUT2D eigenvalue weighted by molar-refractivity contribution is -0.0992. The molecule has 2 N–H and O–H groups in total. The second-order valence-corrected chi connectivity index (χ2v) is 15.0. The quantitative estimate of drug-likeness (QED) is 0.541. The predicted molar refractivity (Wildman–Crippen MR) is 112 cm³/mol. The molecule has 3 atom stereocenters. The Morgan fingerprint density at radius 3 is 2.30 bits per heavy atom. The van der Waals surface area contributed by atoms with E-state index in [1.165, 1.54) is 25.3 Å². The maximum Gasteiger partial charge on any atom is 0.129 e. The van der Waals surface area contributed by atoms with Gasteiger partial charge in [0.15, 0.2) is 0 Å². The third-order valence-electron chi connectivity index (χ3n) is 7.17. The van der Waals surface area contributed by atoms with E-state index < -0.39 is 8.07 Å². The Morgan fingerprint density at radius 1 is 1.19 bits per heavy atom. The van der Waals surface area contributed by atoms with E-state index in [9.17, 15) is 10.2 Å². The molecule has 3 nitrogen and oxygen atoms in total. The number of hydrogen-bond acceptors (Lipinski definition) is 3. The molecule has 0 amide bonds. The van der Waals surface area contributed by atoms with E-state index in [4.69, 9.17) is 11.2 Å². The van der Waals surface area contributed by atoms with Gasteiger partial charge in [-0.2, -0.15) is 0 Å². The highest BCUT2D eigenvalue weighted by molar-refractivity contribution is 6.77. The van der Waals surface area contributed by atoms with E-state index in [0.29, 0.717) is 34.1 Å². The zero-order valence-electron chi connectivity index (χ0n) is 17.2. The number of aliphatic hydroxyl groups excluding tert-OH is 2. The predicted octanol–water partition coefficient (Wildman–Crippen LogP) is 4.35. The summed E-state index contributed by atoms with van der Waals surface area (Å²) >= 11 is 0. The fourth-order valence-electron chi connectivity index (χ4n) is 5.50. The van der Waals surface area contributed by atoms with Crippen LogP contribution in [0.2, 0.25) is 19.1 Å². The van der Waals surface area contributed by atoms with Crippen LogP contribution in [0.15, 0.2) is 12.1 Å². The van der Waals surface area contributed by atoms with Crippen LogP contribution in [0, 0.1) is 35.5 Å². The van der Waals surface area contributed by atoms with Crippen LogP contribution in [-0.4, -0.2) is 24.5 Å². The molecule has 0 aromatic heterocycles. The van der Waals surface area contributed by atoms with Crippen LogP contribution in [-0.2, 0) is 13.2 Å². The lowest BCUT2D eigenvalue weighted by Gasteiger charge is -2.61. The Labute approximate surface area is 165 Å². The van der Waals surface area contributed by atoms with Gasteiger partial charge in [-0.15, -0.1) is 6.42 Å². The van der Waals surface area contributed by atoms with Crippen LogP contribution in [0.4, 0.5) is 0 Å². The van der Waals surface area contributed by atoms with Crippen LogP contribution in [0.25, 0.3) is 0 Å². The van der Waals surface area contributed by atoms with E-state index in [2.05, 4.69) is 32.9 Å². The highest BCUT2D eigenvalue weighted by Crippen LogP contribution is 2.62. The van der Waals surface area contributed by atoms with Crippen molar-refractivity contribution in [2.75, 3.05) is 6.23 Å². The average Bonchev–Trinajstić information content (AvgIpc) is 2.65. The van der Waals surface area contributed by atoms with Crippen LogP contribution in [0.5, 0.6) is 5.75 Å². The summed E-state index contributed by atoms with van der Waals surface area (Å²) in [6, 6.07) is 4.85. The monoisotopic (exact) mass is 386 g/mol. The van der Waals surface area contributed by atoms with Gasteiger partial charge in [0, 0.05) is 16.7 Å². The average molecular weight is 387 g/mol. The van der Waals surface area contributed by atoms with Crippen molar-refractivity contribution >= 4 is 8.07 Å². The molecular formula is C23H34O3Si. The van der Waals surface area contributed by atoms with E-state index >= 15 is 0 Å². The van der Waals surface area contributed by atoms with Crippen molar-refractivity contribution in [2.24, 2.45) is 23.2 Å². The number of hydrogen-bond donors (Lipinski definition) is 2. The van der Waals surface area contributed by atoms with Gasteiger partial charge in [-0.05, 0) is 48.1 Å². The number of benzene rings is 1. The van der Waals surface area contributed by atoms with Crippen molar-refractivity contribution in [1.29, 1.82) is 0 Å². The molecule has 3 fully saturated rings. The lowest BCUT2D eigenvalue weighted by Crippen LogP contribution is -2.54. The van der Waals surface area contributed by atoms with E-state index in [0.717, 1.165) is 17.8 Å². The minimum atomic E-state index is -1.57. The Bertz CT molecular complexity index is 705. The zero-order chi connectivity index (χ0) is 19.8. The summed E-state index contributed by atoms with van der Waals surface area (Å²) < 4.78 is 6.23. The summed E-state index contributed by atoms with van der Waals surface area (Å²) in [4.78, 5) is 0. The number of rotatable bonds is 7. The third-order valence-corrected chi connectivity index (χ3v) is 9.73. The molecular weight excluding hydrogens is 352 g/mol.